The van der Waals surface area contributed by atoms with Crippen molar-refractivity contribution in [1.82, 2.24) is 0 Å². The maximum absolute atomic E-state index is 13.2. The zero-order chi connectivity index (χ0) is 13.4. The van der Waals surface area contributed by atoms with Crippen molar-refractivity contribution in [2.45, 2.75) is 19.8 Å². The molecule has 0 spiro atoms. The van der Waals surface area contributed by atoms with Crippen molar-refractivity contribution in [2.24, 2.45) is 0 Å². The molecule has 1 rings (SSSR count). The molecule has 0 saturated carbocycles. The van der Waals surface area contributed by atoms with Gasteiger partial charge in [-0.25, -0.2) is 4.79 Å². The van der Waals surface area contributed by atoms with E-state index in [9.17, 15) is 9.18 Å². The first kappa shape index (κ1) is 14.2. The molecule has 0 fully saturated rings. The fourth-order valence-electron chi connectivity index (χ4n) is 1.48. The van der Waals surface area contributed by atoms with E-state index in [1.165, 1.54) is 6.08 Å². The predicted molar refractivity (Wildman–Crippen MR) is 67.1 cm³/mol. The molecule has 98 valence electrons. The summed E-state index contributed by atoms with van der Waals surface area (Å²) >= 11 is 0. The maximum Gasteiger partial charge on any atom is 0.366 e. The fourth-order valence-corrected chi connectivity index (χ4v) is 1.48. The number of carbonyl (C=O) groups excluding carboxylic acids is 1. The minimum atomic E-state index is -0.900. The summed E-state index contributed by atoms with van der Waals surface area (Å²) in [7, 11) is 1.60. The summed E-state index contributed by atoms with van der Waals surface area (Å²) in [4.78, 5) is 11.0. The number of methoxy groups -OCH3 is 1. The van der Waals surface area contributed by atoms with Crippen molar-refractivity contribution >= 4 is 5.97 Å². The van der Waals surface area contributed by atoms with E-state index >= 15 is 0 Å². The summed E-state index contributed by atoms with van der Waals surface area (Å²) < 4.78 is 22.8. The first-order chi connectivity index (χ1) is 8.67. The van der Waals surface area contributed by atoms with Crippen LogP contribution in [-0.4, -0.2) is 19.7 Å². The third kappa shape index (κ3) is 4.57. The smallest absolute Gasteiger partial charge is 0.366 e. The van der Waals surface area contributed by atoms with Gasteiger partial charge < -0.3 is 9.47 Å². The third-order valence-corrected chi connectivity index (χ3v) is 2.36. The van der Waals surface area contributed by atoms with Crippen LogP contribution in [0, 0.1) is 0 Å². The van der Waals surface area contributed by atoms with E-state index in [-0.39, 0.29) is 6.61 Å². The quantitative estimate of drug-likeness (QED) is 0.576. The average Bonchev–Trinajstić information content (AvgIpc) is 2.39. The molecule has 0 heterocycles. The van der Waals surface area contributed by atoms with Crippen LogP contribution in [0.2, 0.25) is 0 Å². The van der Waals surface area contributed by atoms with Crippen molar-refractivity contribution < 1.29 is 18.7 Å². The second kappa shape index (κ2) is 7.48. The summed E-state index contributed by atoms with van der Waals surface area (Å²) in [5.74, 6) is -0.967. The lowest BCUT2D eigenvalue weighted by Gasteiger charge is -2.03. The number of benzene rings is 1. The summed E-state index contributed by atoms with van der Waals surface area (Å²) in [6.45, 7) is 1.82. The predicted octanol–water partition coefficient (Wildman–Crippen LogP) is 3.04. The van der Waals surface area contributed by atoms with Gasteiger partial charge in [-0.15, -0.1) is 0 Å². The van der Waals surface area contributed by atoms with E-state index in [2.05, 4.69) is 4.74 Å². The number of halogens is 1. The molecule has 18 heavy (non-hydrogen) atoms. The second-order valence-electron chi connectivity index (χ2n) is 3.66. The van der Waals surface area contributed by atoms with E-state index in [4.69, 9.17) is 4.74 Å². The highest BCUT2D eigenvalue weighted by Crippen LogP contribution is 2.14. The lowest BCUT2D eigenvalue weighted by molar-refractivity contribution is -0.140. The molecule has 4 heteroatoms. The molecule has 0 aliphatic carbocycles. The Morgan fingerprint density at radius 3 is 2.89 bits per heavy atom. The SMILES string of the molecule is CCOC(=O)C(F)=CCCc1cccc(OC)c1. The van der Waals surface area contributed by atoms with E-state index in [1.807, 2.05) is 24.3 Å². The second-order valence-corrected chi connectivity index (χ2v) is 3.66. The summed E-state index contributed by atoms with van der Waals surface area (Å²) in [6, 6.07) is 7.53. The third-order valence-electron chi connectivity index (χ3n) is 2.36. The molecule has 1 aromatic carbocycles. The molecule has 0 saturated heterocycles. The molecule has 0 aromatic heterocycles. The van der Waals surface area contributed by atoms with Crippen LogP contribution in [0.1, 0.15) is 18.9 Å². The normalized spacial score (nSPS) is 11.2. The van der Waals surface area contributed by atoms with Gasteiger partial charge in [-0.05, 0) is 43.5 Å². The van der Waals surface area contributed by atoms with Crippen molar-refractivity contribution in [3.63, 3.8) is 0 Å². The number of allylic oxidation sites excluding steroid dienone is 1. The Kier molecular flexibility index (Phi) is 5.91. The lowest BCUT2D eigenvalue weighted by atomic mass is 10.1. The minimum Gasteiger partial charge on any atom is -0.497 e. The van der Waals surface area contributed by atoms with Crippen LogP contribution in [0.15, 0.2) is 36.2 Å². The Morgan fingerprint density at radius 2 is 2.22 bits per heavy atom. The first-order valence-corrected chi connectivity index (χ1v) is 5.83. The van der Waals surface area contributed by atoms with Gasteiger partial charge in [0.2, 0.25) is 5.83 Å². The summed E-state index contributed by atoms with van der Waals surface area (Å²) in [5, 5.41) is 0. The minimum absolute atomic E-state index is 0.177. The van der Waals surface area contributed by atoms with E-state index < -0.39 is 11.8 Å². The van der Waals surface area contributed by atoms with E-state index in [0.717, 1.165) is 11.3 Å². The number of rotatable bonds is 6. The number of hydrogen-bond acceptors (Lipinski definition) is 3. The van der Waals surface area contributed by atoms with Gasteiger partial charge in [-0.2, -0.15) is 4.39 Å². The number of hydrogen-bond donors (Lipinski definition) is 0. The van der Waals surface area contributed by atoms with E-state index in [0.29, 0.717) is 12.8 Å². The lowest BCUT2D eigenvalue weighted by Crippen LogP contribution is -2.04. The Morgan fingerprint density at radius 1 is 1.44 bits per heavy atom. The first-order valence-electron chi connectivity index (χ1n) is 5.83. The van der Waals surface area contributed by atoms with Crippen molar-refractivity contribution in [2.75, 3.05) is 13.7 Å². The molecular formula is C14H17FO3. The molecular weight excluding hydrogens is 235 g/mol. The fraction of sp³-hybridized carbons (Fsp3) is 0.357. The van der Waals surface area contributed by atoms with Gasteiger partial charge in [-0.1, -0.05) is 12.1 Å². The number of esters is 1. The standard InChI is InChI=1S/C14H17FO3/c1-3-18-14(16)13(15)9-5-7-11-6-4-8-12(10-11)17-2/h4,6,8-10H,3,5,7H2,1-2H3. The molecule has 1 aromatic rings. The molecule has 0 atom stereocenters. The monoisotopic (exact) mass is 252 g/mol. The molecule has 0 aliphatic rings. The van der Waals surface area contributed by atoms with Crippen molar-refractivity contribution in [3.8, 4) is 5.75 Å². The van der Waals surface area contributed by atoms with Gasteiger partial charge in [-0.3, -0.25) is 0 Å². The topological polar surface area (TPSA) is 35.5 Å². The van der Waals surface area contributed by atoms with Gasteiger partial charge in [0.05, 0.1) is 13.7 Å². The highest BCUT2D eigenvalue weighted by molar-refractivity contribution is 5.85. The van der Waals surface area contributed by atoms with Crippen LogP contribution in [0.3, 0.4) is 0 Å². The zero-order valence-corrected chi connectivity index (χ0v) is 10.6. The van der Waals surface area contributed by atoms with Gasteiger partial charge in [0.25, 0.3) is 0 Å². The Hall–Kier alpha value is -1.84. The van der Waals surface area contributed by atoms with Crippen molar-refractivity contribution in [1.29, 1.82) is 0 Å². The van der Waals surface area contributed by atoms with Crippen LogP contribution in [0.4, 0.5) is 4.39 Å². The maximum atomic E-state index is 13.2. The van der Waals surface area contributed by atoms with Crippen LogP contribution >= 0.6 is 0 Å². The molecule has 0 aliphatic heterocycles. The molecule has 0 N–H and O–H groups in total. The summed E-state index contributed by atoms with van der Waals surface area (Å²) in [6.07, 6.45) is 2.33. The van der Waals surface area contributed by atoms with Gasteiger partial charge >= 0.3 is 5.97 Å². The molecule has 0 unspecified atom stereocenters. The van der Waals surface area contributed by atoms with Crippen LogP contribution in [0.25, 0.3) is 0 Å². The highest BCUT2D eigenvalue weighted by atomic mass is 19.1. The molecule has 0 radical (unpaired) electrons. The highest BCUT2D eigenvalue weighted by Gasteiger charge is 2.08. The van der Waals surface area contributed by atoms with Crippen LogP contribution in [-0.2, 0) is 16.0 Å². The van der Waals surface area contributed by atoms with Crippen LogP contribution < -0.4 is 4.74 Å². The number of aryl methyl sites for hydroxylation is 1. The Labute approximate surface area is 106 Å². The largest absolute Gasteiger partial charge is 0.497 e. The van der Waals surface area contributed by atoms with Gasteiger partial charge in [0, 0.05) is 0 Å². The number of ether oxygens (including phenoxy) is 2. The van der Waals surface area contributed by atoms with E-state index in [1.54, 1.807) is 14.0 Å². The number of carbonyl (C=O) groups is 1. The zero-order valence-electron chi connectivity index (χ0n) is 10.6. The van der Waals surface area contributed by atoms with Gasteiger partial charge in [0.1, 0.15) is 5.75 Å². The average molecular weight is 252 g/mol. The Bertz CT molecular complexity index is 427. The van der Waals surface area contributed by atoms with Crippen molar-refractivity contribution in [3.05, 3.63) is 41.7 Å². The van der Waals surface area contributed by atoms with Gasteiger partial charge in [0.15, 0.2) is 0 Å². The van der Waals surface area contributed by atoms with Crippen LogP contribution in [0.5, 0.6) is 5.75 Å². The molecule has 0 bridgehead atoms. The molecule has 0 amide bonds. The molecule has 3 nitrogen and oxygen atoms in total. The summed E-state index contributed by atoms with van der Waals surface area (Å²) in [5.41, 5.74) is 1.03. The Balaban J connectivity index is 2.49.